The van der Waals surface area contributed by atoms with E-state index in [-0.39, 0.29) is 5.91 Å². The van der Waals surface area contributed by atoms with Crippen molar-refractivity contribution in [3.63, 3.8) is 0 Å². The number of ether oxygens (including phenoxy) is 1. The third-order valence-electron chi connectivity index (χ3n) is 4.45. The quantitative estimate of drug-likeness (QED) is 0.833. The predicted molar refractivity (Wildman–Crippen MR) is 93.5 cm³/mol. The summed E-state index contributed by atoms with van der Waals surface area (Å²) in [7, 11) is 1.96. The molecule has 2 aromatic rings. The minimum Gasteiger partial charge on any atom is -0.477 e. The Morgan fingerprint density at radius 3 is 2.76 bits per heavy atom. The molecule has 1 fully saturated rings. The molecule has 2 aromatic heterocycles. The molecular formula is C18H25N5O2. The average molecular weight is 343 g/mol. The van der Waals surface area contributed by atoms with Gasteiger partial charge in [-0.3, -0.25) is 4.79 Å². The van der Waals surface area contributed by atoms with Gasteiger partial charge in [0.25, 0.3) is 5.91 Å². The van der Waals surface area contributed by atoms with Crippen molar-refractivity contribution in [3.05, 3.63) is 36.0 Å². The Morgan fingerprint density at radius 2 is 2.12 bits per heavy atom. The molecule has 0 aromatic carbocycles. The summed E-state index contributed by atoms with van der Waals surface area (Å²) in [5.41, 5.74) is 0.542. The van der Waals surface area contributed by atoms with E-state index in [1.54, 1.807) is 24.7 Å². The number of hydrogen-bond acceptors (Lipinski definition) is 5. The van der Waals surface area contributed by atoms with Crippen LogP contribution in [-0.4, -0.2) is 50.3 Å². The van der Waals surface area contributed by atoms with Crippen molar-refractivity contribution >= 4 is 5.91 Å². The van der Waals surface area contributed by atoms with E-state index in [9.17, 15) is 4.79 Å². The molecule has 134 valence electrons. The Hall–Kier alpha value is -2.44. The van der Waals surface area contributed by atoms with Crippen LogP contribution in [0.25, 0.3) is 0 Å². The molecule has 1 amide bonds. The smallest absolute Gasteiger partial charge is 0.259 e. The number of rotatable bonds is 5. The second-order valence-electron chi connectivity index (χ2n) is 6.93. The Morgan fingerprint density at radius 1 is 1.36 bits per heavy atom. The van der Waals surface area contributed by atoms with Gasteiger partial charge in [0.2, 0.25) is 5.88 Å². The molecule has 7 heteroatoms. The maximum absolute atomic E-state index is 12.9. The Kier molecular flexibility index (Phi) is 5.31. The molecule has 0 spiro atoms. The van der Waals surface area contributed by atoms with Gasteiger partial charge in [0.15, 0.2) is 0 Å². The molecule has 25 heavy (non-hydrogen) atoms. The molecule has 0 unspecified atom stereocenters. The van der Waals surface area contributed by atoms with E-state index in [0.29, 0.717) is 43.0 Å². The van der Waals surface area contributed by atoms with E-state index in [1.807, 2.05) is 16.5 Å². The Balaban J connectivity index is 1.66. The number of likely N-dealkylation sites (tertiary alicyclic amines) is 1. The monoisotopic (exact) mass is 343 g/mol. The van der Waals surface area contributed by atoms with Crippen LogP contribution in [0, 0.1) is 5.92 Å². The molecule has 0 atom stereocenters. The first-order chi connectivity index (χ1) is 12.1. The zero-order chi connectivity index (χ0) is 17.8. The van der Waals surface area contributed by atoms with Gasteiger partial charge in [-0.15, -0.1) is 10.2 Å². The van der Waals surface area contributed by atoms with E-state index in [2.05, 4.69) is 29.0 Å². The molecule has 0 bridgehead atoms. The van der Waals surface area contributed by atoms with Gasteiger partial charge in [-0.05, 0) is 30.9 Å². The second kappa shape index (κ2) is 7.63. The summed E-state index contributed by atoms with van der Waals surface area (Å²) in [5, 5.41) is 8.15. The van der Waals surface area contributed by atoms with E-state index in [0.717, 1.165) is 18.7 Å². The SMILES string of the molecule is CC(C)COc1ncccc1C(=O)N1CCC(c2nncn2C)CC1. The summed E-state index contributed by atoms with van der Waals surface area (Å²) in [6.45, 7) is 6.10. The zero-order valence-corrected chi connectivity index (χ0v) is 15.1. The van der Waals surface area contributed by atoms with Crippen LogP contribution in [0.4, 0.5) is 0 Å². The van der Waals surface area contributed by atoms with Crippen LogP contribution in [0.5, 0.6) is 5.88 Å². The molecule has 0 aliphatic carbocycles. The van der Waals surface area contributed by atoms with Crippen LogP contribution in [0.1, 0.15) is 48.8 Å². The highest BCUT2D eigenvalue weighted by Gasteiger charge is 2.28. The van der Waals surface area contributed by atoms with Crippen molar-refractivity contribution in [2.75, 3.05) is 19.7 Å². The van der Waals surface area contributed by atoms with Crippen molar-refractivity contribution in [2.45, 2.75) is 32.6 Å². The van der Waals surface area contributed by atoms with Crippen LogP contribution in [0.2, 0.25) is 0 Å². The molecular weight excluding hydrogens is 318 g/mol. The molecule has 0 radical (unpaired) electrons. The summed E-state index contributed by atoms with van der Waals surface area (Å²) in [4.78, 5) is 19.0. The molecule has 0 N–H and O–H groups in total. The molecule has 1 aliphatic rings. The lowest BCUT2D eigenvalue weighted by molar-refractivity contribution is 0.0704. The second-order valence-corrected chi connectivity index (χ2v) is 6.93. The number of pyridine rings is 1. The number of carbonyl (C=O) groups is 1. The summed E-state index contributed by atoms with van der Waals surface area (Å²) in [6, 6.07) is 3.57. The van der Waals surface area contributed by atoms with Crippen LogP contribution < -0.4 is 4.74 Å². The Labute approximate surface area is 148 Å². The maximum atomic E-state index is 12.9. The topological polar surface area (TPSA) is 73.1 Å². The third-order valence-corrected chi connectivity index (χ3v) is 4.45. The largest absolute Gasteiger partial charge is 0.477 e. The lowest BCUT2D eigenvalue weighted by atomic mass is 9.95. The molecule has 1 aliphatic heterocycles. The maximum Gasteiger partial charge on any atom is 0.259 e. The van der Waals surface area contributed by atoms with Crippen molar-refractivity contribution in [1.29, 1.82) is 0 Å². The van der Waals surface area contributed by atoms with Gasteiger partial charge in [-0.1, -0.05) is 13.8 Å². The summed E-state index contributed by atoms with van der Waals surface area (Å²) in [5.74, 6) is 2.14. The number of piperidine rings is 1. The molecule has 7 nitrogen and oxygen atoms in total. The van der Waals surface area contributed by atoms with Gasteiger partial charge >= 0.3 is 0 Å². The van der Waals surface area contributed by atoms with Crippen LogP contribution in [-0.2, 0) is 7.05 Å². The lowest BCUT2D eigenvalue weighted by Gasteiger charge is -2.31. The predicted octanol–water partition coefficient (Wildman–Crippen LogP) is 2.26. The summed E-state index contributed by atoms with van der Waals surface area (Å²) >= 11 is 0. The van der Waals surface area contributed by atoms with E-state index in [4.69, 9.17) is 4.74 Å². The van der Waals surface area contributed by atoms with Crippen molar-refractivity contribution in [2.24, 2.45) is 13.0 Å². The molecule has 3 heterocycles. The van der Waals surface area contributed by atoms with Gasteiger partial charge in [0.05, 0.1) is 6.61 Å². The first-order valence-corrected chi connectivity index (χ1v) is 8.77. The van der Waals surface area contributed by atoms with Crippen LogP contribution in [0.3, 0.4) is 0 Å². The number of aromatic nitrogens is 4. The minimum atomic E-state index is -0.0109. The fourth-order valence-electron chi connectivity index (χ4n) is 3.09. The van der Waals surface area contributed by atoms with Crippen molar-refractivity contribution < 1.29 is 9.53 Å². The first-order valence-electron chi connectivity index (χ1n) is 8.77. The van der Waals surface area contributed by atoms with Gasteiger partial charge in [-0.2, -0.15) is 0 Å². The highest BCUT2D eigenvalue weighted by molar-refractivity contribution is 5.96. The molecule has 0 saturated carbocycles. The van der Waals surface area contributed by atoms with Crippen molar-refractivity contribution in [1.82, 2.24) is 24.6 Å². The third kappa shape index (κ3) is 3.97. The number of hydrogen-bond donors (Lipinski definition) is 0. The standard InChI is InChI=1S/C18H25N5O2/c1-13(2)11-25-17-15(5-4-8-19-17)18(24)23-9-6-14(7-10-23)16-21-20-12-22(16)3/h4-5,8,12-14H,6-7,9-11H2,1-3H3. The van der Waals surface area contributed by atoms with Crippen molar-refractivity contribution in [3.8, 4) is 5.88 Å². The summed E-state index contributed by atoms with van der Waals surface area (Å²) < 4.78 is 7.69. The van der Waals surface area contributed by atoms with E-state index < -0.39 is 0 Å². The fourth-order valence-corrected chi connectivity index (χ4v) is 3.09. The van der Waals surface area contributed by atoms with Gasteiger partial charge in [0, 0.05) is 32.3 Å². The van der Waals surface area contributed by atoms with Gasteiger partial charge in [0.1, 0.15) is 17.7 Å². The van der Waals surface area contributed by atoms with Gasteiger partial charge < -0.3 is 14.2 Å². The van der Waals surface area contributed by atoms with Crippen LogP contribution in [0.15, 0.2) is 24.7 Å². The number of amides is 1. The normalized spacial score (nSPS) is 15.6. The van der Waals surface area contributed by atoms with E-state index >= 15 is 0 Å². The van der Waals surface area contributed by atoms with Gasteiger partial charge in [-0.25, -0.2) is 4.98 Å². The minimum absolute atomic E-state index is 0.0109. The number of carbonyl (C=O) groups excluding carboxylic acids is 1. The number of nitrogens with zero attached hydrogens (tertiary/aromatic N) is 5. The summed E-state index contributed by atoms with van der Waals surface area (Å²) in [6.07, 6.45) is 5.16. The fraction of sp³-hybridized carbons (Fsp3) is 0.556. The lowest BCUT2D eigenvalue weighted by Crippen LogP contribution is -2.38. The highest BCUT2D eigenvalue weighted by Crippen LogP contribution is 2.28. The first kappa shape index (κ1) is 17.4. The zero-order valence-electron chi connectivity index (χ0n) is 15.1. The Bertz CT molecular complexity index is 720. The molecule has 1 saturated heterocycles. The molecule has 3 rings (SSSR count). The highest BCUT2D eigenvalue weighted by atomic mass is 16.5. The van der Waals surface area contributed by atoms with E-state index in [1.165, 1.54) is 0 Å². The van der Waals surface area contributed by atoms with Crippen LogP contribution >= 0.6 is 0 Å². The number of aryl methyl sites for hydroxylation is 1. The average Bonchev–Trinajstić information content (AvgIpc) is 3.06.